The molecule has 1 atom stereocenters. The van der Waals surface area contributed by atoms with Gasteiger partial charge in [-0.2, -0.15) is 0 Å². The molecule has 0 heterocycles. The summed E-state index contributed by atoms with van der Waals surface area (Å²) >= 11 is 0. The fraction of sp³-hybridized carbons (Fsp3) is 0.650. The smallest absolute Gasteiger partial charge is 0.200 e. The van der Waals surface area contributed by atoms with Gasteiger partial charge in [0.05, 0.1) is 18.8 Å². The molecule has 33 heavy (non-hydrogen) atoms. The first-order valence-electron chi connectivity index (χ1n) is 10.5. The normalized spacial score (nSPS) is 14.5. The molecule has 0 N–H and O–H groups in total. The minimum atomic E-state index is -2.23. The van der Waals surface area contributed by atoms with Crippen LogP contribution < -0.4 is 0 Å². The molecule has 0 radical (unpaired) electrons. The topological polar surface area (TPSA) is 49.3 Å². The monoisotopic (exact) mass is 531 g/mol. The zero-order chi connectivity index (χ0) is 25.8. The maximum atomic E-state index is 14.0. The molecule has 0 aliphatic heterocycles. The SMILES string of the molecule is C[Si](C)(C)OC/C(=N\OCc1c(F)c(F)c(F)c(F)c1F)C(CO[Si](C)(C)C)O[Si](C)(C)C. The second-order valence-electron chi connectivity index (χ2n) is 10.4. The lowest BCUT2D eigenvalue weighted by Gasteiger charge is -2.30. The van der Waals surface area contributed by atoms with Gasteiger partial charge < -0.3 is 18.1 Å². The van der Waals surface area contributed by atoms with Gasteiger partial charge in [0, 0.05) is 0 Å². The summed E-state index contributed by atoms with van der Waals surface area (Å²) in [7, 11) is -6.03. The molecule has 0 aliphatic carbocycles. The molecular formula is C20H34F5NO4Si3. The van der Waals surface area contributed by atoms with E-state index in [1.54, 1.807) is 0 Å². The highest BCUT2D eigenvalue weighted by Crippen LogP contribution is 2.24. The number of nitrogens with zero attached hydrogens (tertiary/aromatic N) is 1. The number of rotatable bonds is 12. The molecule has 1 aromatic rings. The third kappa shape index (κ3) is 10.3. The number of hydrogen-bond donors (Lipinski definition) is 0. The highest BCUT2D eigenvalue weighted by molar-refractivity contribution is 6.70. The molecule has 0 bridgehead atoms. The van der Waals surface area contributed by atoms with E-state index in [1.165, 1.54) is 0 Å². The predicted molar refractivity (Wildman–Crippen MR) is 125 cm³/mol. The van der Waals surface area contributed by atoms with E-state index >= 15 is 0 Å². The summed E-state index contributed by atoms with van der Waals surface area (Å²) in [4.78, 5) is 5.06. The molecule has 0 spiro atoms. The molecule has 0 amide bonds. The van der Waals surface area contributed by atoms with Crippen LogP contribution in [0.1, 0.15) is 5.56 Å². The van der Waals surface area contributed by atoms with Crippen molar-refractivity contribution in [3.63, 3.8) is 0 Å². The Morgan fingerprint density at radius 3 is 1.58 bits per heavy atom. The number of benzene rings is 1. The highest BCUT2D eigenvalue weighted by atomic mass is 28.4. The van der Waals surface area contributed by atoms with Crippen LogP contribution in [0, 0.1) is 29.1 Å². The molecule has 5 nitrogen and oxygen atoms in total. The maximum absolute atomic E-state index is 14.0. The first-order chi connectivity index (χ1) is 14.8. The van der Waals surface area contributed by atoms with Crippen LogP contribution in [0.2, 0.25) is 58.9 Å². The summed E-state index contributed by atoms with van der Waals surface area (Å²) in [6, 6.07) is 0. The lowest BCUT2D eigenvalue weighted by Crippen LogP contribution is -2.44. The van der Waals surface area contributed by atoms with Crippen LogP contribution in [-0.4, -0.2) is 50.0 Å². The number of hydrogen-bond acceptors (Lipinski definition) is 5. The van der Waals surface area contributed by atoms with Gasteiger partial charge in [0.15, 0.2) is 48.2 Å². The predicted octanol–water partition coefficient (Wildman–Crippen LogP) is 6.18. The Morgan fingerprint density at radius 1 is 0.697 bits per heavy atom. The van der Waals surface area contributed by atoms with Crippen molar-refractivity contribution in [3.8, 4) is 0 Å². The Morgan fingerprint density at radius 2 is 1.15 bits per heavy atom. The second kappa shape index (κ2) is 11.5. The quantitative estimate of drug-likeness (QED) is 0.0807. The van der Waals surface area contributed by atoms with E-state index in [0.29, 0.717) is 0 Å². The maximum Gasteiger partial charge on any atom is 0.200 e. The van der Waals surface area contributed by atoms with Crippen molar-refractivity contribution in [1.82, 2.24) is 0 Å². The average molecular weight is 532 g/mol. The van der Waals surface area contributed by atoms with Gasteiger partial charge in [-0.3, -0.25) is 0 Å². The van der Waals surface area contributed by atoms with Crippen molar-refractivity contribution >= 4 is 30.7 Å². The van der Waals surface area contributed by atoms with Gasteiger partial charge in [-0.15, -0.1) is 0 Å². The third-order valence-corrected chi connectivity index (χ3v) is 6.91. The molecule has 0 aromatic heterocycles. The molecule has 0 saturated heterocycles. The molecule has 0 saturated carbocycles. The van der Waals surface area contributed by atoms with Crippen LogP contribution in [0.4, 0.5) is 22.0 Å². The molecule has 13 heteroatoms. The molecule has 1 unspecified atom stereocenters. The van der Waals surface area contributed by atoms with Crippen molar-refractivity contribution in [3.05, 3.63) is 34.6 Å². The summed E-state index contributed by atoms with van der Waals surface area (Å²) in [6.07, 6.45) is -0.656. The van der Waals surface area contributed by atoms with Gasteiger partial charge in [0.25, 0.3) is 0 Å². The Kier molecular flexibility index (Phi) is 10.5. The van der Waals surface area contributed by atoms with Crippen LogP contribution in [0.15, 0.2) is 5.16 Å². The van der Waals surface area contributed by atoms with Crippen molar-refractivity contribution in [2.75, 3.05) is 13.2 Å². The Labute approximate surface area is 195 Å². The van der Waals surface area contributed by atoms with E-state index in [-0.39, 0.29) is 18.9 Å². The number of oxime groups is 1. The van der Waals surface area contributed by atoms with E-state index in [4.69, 9.17) is 18.1 Å². The first-order valence-corrected chi connectivity index (χ1v) is 20.7. The van der Waals surface area contributed by atoms with Crippen molar-refractivity contribution in [1.29, 1.82) is 0 Å². The van der Waals surface area contributed by atoms with Crippen molar-refractivity contribution in [2.45, 2.75) is 71.6 Å². The van der Waals surface area contributed by atoms with Crippen LogP contribution in [-0.2, 0) is 24.7 Å². The fourth-order valence-corrected chi connectivity index (χ4v) is 4.67. The molecule has 190 valence electrons. The van der Waals surface area contributed by atoms with Gasteiger partial charge in [-0.25, -0.2) is 22.0 Å². The molecule has 1 aromatic carbocycles. The van der Waals surface area contributed by atoms with Crippen LogP contribution in [0.25, 0.3) is 0 Å². The van der Waals surface area contributed by atoms with E-state index in [1.807, 2.05) is 58.9 Å². The van der Waals surface area contributed by atoms with Crippen molar-refractivity contribution < 1.29 is 40.1 Å². The average Bonchev–Trinajstić information content (AvgIpc) is 2.65. The molecular weight excluding hydrogens is 497 g/mol. The third-order valence-electron chi connectivity index (χ3n) is 3.88. The fourth-order valence-electron chi connectivity index (χ4n) is 2.38. The van der Waals surface area contributed by atoms with E-state index < -0.39 is 72.3 Å². The van der Waals surface area contributed by atoms with E-state index in [2.05, 4.69) is 5.16 Å². The largest absolute Gasteiger partial charge is 0.415 e. The summed E-state index contributed by atoms with van der Waals surface area (Å²) in [5.74, 6) is -10.2. The van der Waals surface area contributed by atoms with Gasteiger partial charge in [0.1, 0.15) is 18.4 Å². The van der Waals surface area contributed by atoms with Crippen LogP contribution in [0.5, 0.6) is 0 Å². The minimum Gasteiger partial charge on any atom is -0.415 e. The van der Waals surface area contributed by atoms with Gasteiger partial charge in [-0.1, -0.05) is 5.16 Å². The second-order valence-corrected chi connectivity index (χ2v) is 23.9. The Hall–Kier alpha value is -1.13. The first kappa shape index (κ1) is 29.9. The standard InChI is InChI=1S/C20H34F5NO4Si3/c1-31(2,3)28-11-14(15(30-33(7,8)9)12-29-32(4,5)6)26-27-10-13-16(21)18(23)20(25)19(24)17(13)22/h15H,10-12H2,1-9H3/b26-14+. The van der Waals surface area contributed by atoms with Crippen LogP contribution in [0.3, 0.4) is 0 Å². The zero-order valence-corrected chi connectivity index (χ0v) is 23.7. The van der Waals surface area contributed by atoms with Gasteiger partial charge in [0.2, 0.25) is 5.82 Å². The minimum absolute atomic E-state index is 0.0109. The zero-order valence-electron chi connectivity index (χ0n) is 20.7. The molecule has 0 aliphatic rings. The van der Waals surface area contributed by atoms with E-state index in [9.17, 15) is 22.0 Å². The van der Waals surface area contributed by atoms with Gasteiger partial charge in [-0.05, 0) is 58.9 Å². The molecule has 1 rings (SSSR count). The highest BCUT2D eigenvalue weighted by Gasteiger charge is 2.30. The molecule has 0 fully saturated rings. The lowest BCUT2D eigenvalue weighted by molar-refractivity contribution is 0.109. The Bertz CT molecular complexity index is 823. The van der Waals surface area contributed by atoms with Crippen LogP contribution >= 0.6 is 0 Å². The van der Waals surface area contributed by atoms with E-state index in [0.717, 1.165) is 0 Å². The number of halogens is 5. The summed E-state index contributed by atoms with van der Waals surface area (Å²) in [5, 5.41) is 3.95. The van der Waals surface area contributed by atoms with Crippen molar-refractivity contribution in [2.24, 2.45) is 5.16 Å². The summed E-state index contributed by atoms with van der Waals surface area (Å²) in [5.41, 5.74) is -0.830. The Balaban J connectivity index is 3.25. The summed E-state index contributed by atoms with van der Waals surface area (Å²) in [6.45, 7) is 17.1. The van der Waals surface area contributed by atoms with Gasteiger partial charge >= 0.3 is 0 Å². The summed E-state index contributed by atoms with van der Waals surface area (Å²) < 4.78 is 86.3. The lowest BCUT2D eigenvalue weighted by atomic mass is 10.2.